The summed E-state index contributed by atoms with van der Waals surface area (Å²) in [6.07, 6.45) is 3.42. The quantitative estimate of drug-likeness (QED) is 0.427. The van der Waals surface area contributed by atoms with E-state index in [-0.39, 0.29) is 0 Å². The van der Waals surface area contributed by atoms with Crippen molar-refractivity contribution in [3.05, 3.63) is 90.9 Å². The van der Waals surface area contributed by atoms with Crippen molar-refractivity contribution in [2.24, 2.45) is 0 Å². The van der Waals surface area contributed by atoms with Crippen LogP contribution in [0.25, 0.3) is 10.9 Å². The Kier molecular flexibility index (Phi) is 5.25. The van der Waals surface area contributed by atoms with E-state index >= 15 is 0 Å². The molecule has 0 amide bonds. The Morgan fingerprint density at radius 3 is 2.69 bits per heavy atom. The molecule has 7 nitrogen and oxygen atoms in total. The number of rotatable bonds is 6. The van der Waals surface area contributed by atoms with Crippen LogP contribution >= 0.6 is 0 Å². The second-order valence-corrected chi connectivity index (χ2v) is 7.69. The number of fused-ring (bicyclic) bond motifs is 1. The summed E-state index contributed by atoms with van der Waals surface area (Å²) in [4.78, 5) is 15.1. The number of nitrogens with zero attached hydrogens (tertiary/aromatic N) is 6. The molecule has 0 fully saturated rings. The molecule has 0 bridgehead atoms. The van der Waals surface area contributed by atoms with E-state index in [2.05, 4.69) is 69.6 Å². The molecule has 5 rings (SSSR count). The fraction of sp³-hybridized carbons (Fsp3) is 0.0833. The van der Waals surface area contributed by atoms with Crippen molar-refractivity contribution in [3.63, 3.8) is 0 Å². The lowest BCUT2D eigenvalue weighted by Gasteiger charge is -2.18. The lowest BCUT2D eigenvalue weighted by Crippen LogP contribution is -2.14. The molecule has 0 aliphatic heterocycles. The van der Waals surface area contributed by atoms with Crippen molar-refractivity contribution >= 4 is 47.5 Å². The largest absolute Gasteiger partial charge is 0.324 e. The maximum Gasteiger partial charge on any atom is 0.234 e. The Labute approximate surface area is 187 Å². The summed E-state index contributed by atoms with van der Waals surface area (Å²) < 4.78 is 2.02. The molecule has 0 unspecified atom stereocenters. The van der Waals surface area contributed by atoms with Gasteiger partial charge in [-0.15, -0.1) is 0 Å². The van der Waals surface area contributed by atoms with Crippen molar-refractivity contribution in [1.82, 2.24) is 24.7 Å². The lowest BCUT2D eigenvalue weighted by molar-refractivity contribution is 0.712. The van der Waals surface area contributed by atoms with Crippen LogP contribution in [-0.4, -0.2) is 39.6 Å². The number of anilines is 4. The third-order valence-corrected chi connectivity index (χ3v) is 5.32. The molecule has 8 heteroatoms. The molecule has 0 spiro atoms. The normalized spacial score (nSPS) is 10.9. The van der Waals surface area contributed by atoms with Crippen LogP contribution in [-0.2, 0) is 6.54 Å². The van der Waals surface area contributed by atoms with E-state index < -0.39 is 0 Å². The van der Waals surface area contributed by atoms with Gasteiger partial charge >= 0.3 is 0 Å². The highest BCUT2D eigenvalue weighted by atomic mass is 15.3. The van der Waals surface area contributed by atoms with E-state index in [1.807, 2.05) is 59.2 Å². The third-order valence-electron chi connectivity index (χ3n) is 5.32. The van der Waals surface area contributed by atoms with Crippen molar-refractivity contribution in [2.75, 3.05) is 17.3 Å². The van der Waals surface area contributed by atoms with Gasteiger partial charge in [-0.3, -0.25) is 4.68 Å². The molecule has 156 valence electrons. The summed E-state index contributed by atoms with van der Waals surface area (Å²) in [5, 5.41) is 8.89. The maximum absolute atomic E-state index is 4.59. The van der Waals surface area contributed by atoms with E-state index in [1.165, 1.54) is 17.4 Å². The minimum atomic E-state index is 0.504. The van der Waals surface area contributed by atoms with Gasteiger partial charge in [-0.05, 0) is 35.9 Å². The molecule has 2 heterocycles. The molecule has 3 aromatic carbocycles. The number of aromatic nitrogens is 5. The van der Waals surface area contributed by atoms with Crippen molar-refractivity contribution in [3.8, 4) is 0 Å². The Hall–Kier alpha value is -4.20. The van der Waals surface area contributed by atoms with Crippen LogP contribution in [0, 0.1) is 0 Å². The summed E-state index contributed by atoms with van der Waals surface area (Å²) in [5.74, 6) is 1.07. The minimum Gasteiger partial charge on any atom is -0.324 e. The number of benzene rings is 3. The van der Waals surface area contributed by atoms with E-state index in [0.29, 0.717) is 11.9 Å². The van der Waals surface area contributed by atoms with Crippen LogP contribution < -0.4 is 15.7 Å². The lowest BCUT2D eigenvalue weighted by atomic mass is 9.96. The van der Waals surface area contributed by atoms with Crippen LogP contribution in [0.3, 0.4) is 0 Å². The van der Waals surface area contributed by atoms with Gasteiger partial charge < -0.3 is 10.2 Å². The number of hydrogen-bond acceptors (Lipinski definition) is 6. The van der Waals surface area contributed by atoms with Gasteiger partial charge in [0.05, 0.1) is 18.3 Å². The van der Waals surface area contributed by atoms with Gasteiger partial charge in [0.15, 0.2) is 0 Å². The molecular formula is C24H22BN7. The fourth-order valence-corrected chi connectivity index (χ4v) is 3.64. The fourth-order valence-electron chi connectivity index (χ4n) is 3.64. The predicted octanol–water partition coefficient (Wildman–Crippen LogP) is 3.04. The summed E-state index contributed by atoms with van der Waals surface area (Å²) >= 11 is 0. The molecule has 0 aliphatic rings. The van der Waals surface area contributed by atoms with Crippen LogP contribution in [0.5, 0.6) is 0 Å². The summed E-state index contributed by atoms with van der Waals surface area (Å²) in [6, 6.07) is 24.7. The summed E-state index contributed by atoms with van der Waals surface area (Å²) in [6.45, 7) is 0.737. The Morgan fingerprint density at radius 1 is 0.969 bits per heavy atom. The van der Waals surface area contributed by atoms with Crippen molar-refractivity contribution in [2.45, 2.75) is 6.54 Å². The van der Waals surface area contributed by atoms with Crippen LogP contribution in [0.15, 0.2) is 85.3 Å². The first-order valence-corrected chi connectivity index (χ1v) is 10.4. The third kappa shape index (κ3) is 4.16. The average molecular weight is 419 g/mol. The average Bonchev–Trinajstić information content (AvgIpc) is 3.21. The Morgan fingerprint density at radius 2 is 1.84 bits per heavy atom. The summed E-state index contributed by atoms with van der Waals surface area (Å²) in [5.41, 5.74) is 5.39. The highest BCUT2D eigenvalue weighted by Crippen LogP contribution is 2.26. The van der Waals surface area contributed by atoms with Gasteiger partial charge in [0.1, 0.15) is 14.2 Å². The smallest absolute Gasteiger partial charge is 0.234 e. The first-order valence-electron chi connectivity index (χ1n) is 10.4. The van der Waals surface area contributed by atoms with Crippen LogP contribution in [0.2, 0.25) is 0 Å². The first-order chi connectivity index (χ1) is 15.7. The van der Waals surface area contributed by atoms with E-state index in [1.54, 1.807) is 0 Å². The van der Waals surface area contributed by atoms with E-state index in [9.17, 15) is 0 Å². The molecule has 0 atom stereocenters. The molecule has 0 saturated carbocycles. The van der Waals surface area contributed by atoms with Crippen LogP contribution in [0.1, 0.15) is 5.56 Å². The van der Waals surface area contributed by atoms with E-state index in [0.717, 1.165) is 28.8 Å². The van der Waals surface area contributed by atoms with Gasteiger partial charge in [0, 0.05) is 23.8 Å². The molecule has 1 N–H and O–H groups in total. The molecule has 32 heavy (non-hydrogen) atoms. The first kappa shape index (κ1) is 19.7. The van der Waals surface area contributed by atoms with Gasteiger partial charge in [0.2, 0.25) is 11.9 Å². The Balaban J connectivity index is 1.38. The standard InChI is InChI=1S/C24H22BN7/c1-31(24-27-16-26-23(30-24)29-20-9-5-8-19(25)13-20)21-10-11-22-18(12-21)14-28-32(22)15-17-6-3-2-4-7-17/h2-14,16H,15,25H2,1H3,(H,26,27,29,30). The Bertz CT molecular complexity index is 1370. The zero-order chi connectivity index (χ0) is 21.9. The molecule has 0 saturated heterocycles. The van der Waals surface area contributed by atoms with Crippen molar-refractivity contribution in [1.29, 1.82) is 0 Å². The van der Waals surface area contributed by atoms with Gasteiger partial charge in [-0.2, -0.15) is 10.1 Å². The van der Waals surface area contributed by atoms with Gasteiger partial charge in [0.25, 0.3) is 0 Å². The number of hydrogen-bond donors (Lipinski definition) is 1. The van der Waals surface area contributed by atoms with Crippen molar-refractivity contribution < 1.29 is 0 Å². The highest BCUT2D eigenvalue weighted by molar-refractivity contribution is 6.32. The van der Waals surface area contributed by atoms with Gasteiger partial charge in [-0.25, -0.2) is 9.97 Å². The molecule has 0 radical (unpaired) electrons. The zero-order valence-corrected chi connectivity index (χ0v) is 18.0. The molecule has 0 aliphatic carbocycles. The minimum absolute atomic E-state index is 0.504. The second-order valence-electron chi connectivity index (χ2n) is 7.69. The topological polar surface area (TPSA) is 71.8 Å². The zero-order valence-electron chi connectivity index (χ0n) is 18.0. The van der Waals surface area contributed by atoms with Gasteiger partial charge in [-0.1, -0.05) is 47.9 Å². The molecule has 5 aromatic rings. The van der Waals surface area contributed by atoms with Crippen LogP contribution in [0.4, 0.5) is 23.3 Å². The maximum atomic E-state index is 4.59. The predicted molar refractivity (Wildman–Crippen MR) is 131 cm³/mol. The highest BCUT2D eigenvalue weighted by Gasteiger charge is 2.12. The number of nitrogens with one attached hydrogen (secondary N) is 1. The monoisotopic (exact) mass is 419 g/mol. The second kappa shape index (κ2) is 8.51. The van der Waals surface area contributed by atoms with E-state index in [4.69, 9.17) is 0 Å². The molecular weight excluding hydrogens is 397 g/mol. The summed E-state index contributed by atoms with van der Waals surface area (Å²) in [7, 11) is 4.00. The SMILES string of the molecule is Bc1cccc(Nc2ncnc(N(C)c3ccc4c(cnn4Cc4ccccc4)c3)n2)c1. The molecule has 2 aromatic heterocycles.